The first kappa shape index (κ1) is 18.7. The first-order chi connectivity index (χ1) is 14.1. The molecule has 2 aliphatic rings. The number of piperidine rings is 1. The van der Waals surface area contributed by atoms with Crippen LogP contribution < -0.4 is 0 Å². The maximum atomic E-state index is 12.8. The Morgan fingerprint density at radius 2 is 1.93 bits per heavy atom. The van der Waals surface area contributed by atoms with Gasteiger partial charge in [-0.15, -0.1) is 10.2 Å². The Bertz CT molecular complexity index is 1030. The van der Waals surface area contributed by atoms with Gasteiger partial charge in [-0.05, 0) is 37.2 Å². The summed E-state index contributed by atoms with van der Waals surface area (Å²) in [6.45, 7) is 6.22. The summed E-state index contributed by atoms with van der Waals surface area (Å²) < 4.78 is 2.25. The van der Waals surface area contributed by atoms with Gasteiger partial charge >= 0.3 is 0 Å². The van der Waals surface area contributed by atoms with E-state index in [1.54, 1.807) is 0 Å². The van der Waals surface area contributed by atoms with Crippen LogP contribution in [0.25, 0.3) is 22.3 Å². The normalized spacial score (nSPS) is 22.3. The first-order valence-corrected chi connectivity index (χ1v) is 11.5. The number of nitrogens with zero attached hydrogens (tertiary/aromatic N) is 4. The molecular formula is C22H27N5OS. The van der Waals surface area contributed by atoms with Crippen molar-refractivity contribution in [2.24, 2.45) is 11.8 Å². The minimum absolute atomic E-state index is 0.215. The van der Waals surface area contributed by atoms with Crippen LogP contribution in [0.15, 0.2) is 35.6 Å². The summed E-state index contributed by atoms with van der Waals surface area (Å²) in [4.78, 5) is 18.2. The molecule has 2 aromatic heterocycles. The van der Waals surface area contributed by atoms with Gasteiger partial charge < -0.3 is 9.88 Å². The summed E-state index contributed by atoms with van der Waals surface area (Å²) in [6.07, 6.45) is 5.52. The number of carbonyl (C=O) groups excluding carboxylic acids is 1. The van der Waals surface area contributed by atoms with Crippen molar-refractivity contribution < 1.29 is 4.79 Å². The molecule has 1 aromatic carbocycles. The molecule has 1 saturated carbocycles. The lowest BCUT2D eigenvalue weighted by Gasteiger charge is -2.34. The number of para-hydroxylation sites is 1. The van der Waals surface area contributed by atoms with E-state index in [1.165, 1.54) is 18.2 Å². The van der Waals surface area contributed by atoms with Gasteiger partial charge in [0.25, 0.3) is 0 Å². The van der Waals surface area contributed by atoms with Crippen LogP contribution in [-0.2, 0) is 4.79 Å². The molecule has 6 nitrogen and oxygen atoms in total. The summed E-state index contributed by atoms with van der Waals surface area (Å²) in [5, 5.41) is 11.0. The minimum atomic E-state index is 0.215. The number of thioether (sulfide) groups is 1. The summed E-state index contributed by atoms with van der Waals surface area (Å²) in [5.74, 6) is 2.71. The number of fused-ring (bicyclic) bond motifs is 1. The number of nitrogens with one attached hydrogen (secondary N) is 1. The fourth-order valence-electron chi connectivity index (χ4n) is 4.56. The van der Waals surface area contributed by atoms with Crippen molar-refractivity contribution in [3.05, 3.63) is 30.5 Å². The SMILES string of the molecule is C[C@@H]1C[C@H](C)CN(C(=O)CSc2nnc(-c3c[nH]c4ccccc34)n2C2CC2)C1. The highest BCUT2D eigenvalue weighted by atomic mass is 32.2. The molecule has 1 amide bonds. The zero-order chi connectivity index (χ0) is 20.0. The topological polar surface area (TPSA) is 66.8 Å². The van der Waals surface area contributed by atoms with Gasteiger partial charge in [-0.1, -0.05) is 43.8 Å². The van der Waals surface area contributed by atoms with Crippen molar-refractivity contribution in [1.29, 1.82) is 0 Å². The maximum absolute atomic E-state index is 12.8. The van der Waals surface area contributed by atoms with Crippen LogP contribution in [0.4, 0.5) is 0 Å². The van der Waals surface area contributed by atoms with Crippen molar-refractivity contribution in [3.8, 4) is 11.4 Å². The van der Waals surface area contributed by atoms with Crippen LogP contribution in [0, 0.1) is 11.8 Å². The number of likely N-dealkylation sites (tertiary alicyclic amines) is 1. The van der Waals surface area contributed by atoms with Crippen LogP contribution in [0.5, 0.6) is 0 Å². The summed E-state index contributed by atoms with van der Waals surface area (Å²) >= 11 is 1.53. The second kappa shape index (κ2) is 7.52. The molecule has 1 aliphatic carbocycles. The molecule has 1 N–H and O–H groups in total. The molecule has 2 atom stereocenters. The Kier molecular flexibility index (Phi) is 4.86. The lowest BCUT2D eigenvalue weighted by Crippen LogP contribution is -2.43. The van der Waals surface area contributed by atoms with E-state index < -0.39 is 0 Å². The number of carbonyl (C=O) groups is 1. The molecular weight excluding hydrogens is 382 g/mol. The monoisotopic (exact) mass is 409 g/mol. The van der Waals surface area contributed by atoms with E-state index in [1.807, 2.05) is 23.2 Å². The van der Waals surface area contributed by atoms with Gasteiger partial charge in [-0.25, -0.2) is 0 Å². The Morgan fingerprint density at radius 1 is 1.17 bits per heavy atom. The van der Waals surface area contributed by atoms with E-state index in [0.717, 1.165) is 53.4 Å². The van der Waals surface area contributed by atoms with E-state index in [-0.39, 0.29) is 5.91 Å². The predicted molar refractivity (Wildman–Crippen MR) is 116 cm³/mol. The Hall–Kier alpha value is -2.28. The number of benzene rings is 1. The highest BCUT2D eigenvalue weighted by Crippen LogP contribution is 2.42. The van der Waals surface area contributed by atoms with Crippen molar-refractivity contribution in [2.75, 3.05) is 18.8 Å². The second-order valence-electron chi connectivity index (χ2n) is 8.69. The van der Waals surface area contributed by atoms with Gasteiger partial charge in [-0.3, -0.25) is 9.36 Å². The largest absolute Gasteiger partial charge is 0.360 e. The third-order valence-corrected chi connectivity index (χ3v) is 6.88. The zero-order valence-electron chi connectivity index (χ0n) is 17.0. The smallest absolute Gasteiger partial charge is 0.233 e. The number of amides is 1. The van der Waals surface area contributed by atoms with E-state index in [2.05, 4.69) is 45.7 Å². The number of hydrogen-bond donors (Lipinski definition) is 1. The van der Waals surface area contributed by atoms with Crippen molar-refractivity contribution >= 4 is 28.6 Å². The third kappa shape index (κ3) is 3.68. The highest BCUT2D eigenvalue weighted by Gasteiger charge is 2.32. The van der Waals surface area contributed by atoms with Crippen LogP contribution in [-0.4, -0.2) is 49.4 Å². The molecule has 3 aromatic rings. The van der Waals surface area contributed by atoms with E-state index in [4.69, 9.17) is 0 Å². The second-order valence-corrected chi connectivity index (χ2v) is 9.63. The fraction of sp³-hybridized carbons (Fsp3) is 0.500. The molecule has 5 rings (SSSR count). The Balaban J connectivity index is 1.37. The quantitative estimate of drug-likeness (QED) is 0.636. The van der Waals surface area contributed by atoms with Gasteiger partial charge in [0.2, 0.25) is 5.91 Å². The number of H-pyrrole nitrogens is 1. The number of hydrogen-bond acceptors (Lipinski definition) is 4. The molecule has 0 unspecified atom stereocenters. The first-order valence-electron chi connectivity index (χ1n) is 10.5. The molecule has 0 radical (unpaired) electrons. The standard InChI is InChI=1S/C22H27N5OS/c1-14-9-15(2)12-26(11-14)20(28)13-29-22-25-24-21(27(22)16-7-8-16)18-10-23-19-6-4-3-5-17(18)19/h3-6,10,14-16,23H,7-9,11-13H2,1-2H3/t14-,15+. The Morgan fingerprint density at radius 3 is 2.69 bits per heavy atom. The summed E-state index contributed by atoms with van der Waals surface area (Å²) in [5.41, 5.74) is 2.18. The average molecular weight is 410 g/mol. The van der Waals surface area contributed by atoms with Gasteiger partial charge in [0.1, 0.15) is 0 Å². The molecule has 7 heteroatoms. The number of aromatic nitrogens is 4. The number of rotatable bonds is 5. The van der Waals surface area contributed by atoms with Crippen LogP contribution >= 0.6 is 11.8 Å². The van der Waals surface area contributed by atoms with Crippen LogP contribution in [0.3, 0.4) is 0 Å². The minimum Gasteiger partial charge on any atom is -0.360 e. The van der Waals surface area contributed by atoms with Gasteiger partial charge in [-0.2, -0.15) is 0 Å². The van der Waals surface area contributed by atoms with Crippen LogP contribution in [0.2, 0.25) is 0 Å². The third-order valence-electron chi connectivity index (χ3n) is 5.95. The predicted octanol–water partition coefficient (Wildman–Crippen LogP) is 4.36. The van der Waals surface area contributed by atoms with E-state index in [9.17, 15) is 4.79 Å². The highest BCUT2D eigenvalue weighted by molar-refractivity contribution is 7.99. The van der Waals surface area contributed by atoms with Crippen LogP contribution in [0.1, 0.15) is 39.2 Å². The van der Waals surface area contributed by atoms with Crippen molar-refractivity contribution in [1.82, 2.24) is 24.6 Å². The fourth-order valence-corrected chi connectivity index (χ4v) is 5.47. The van der Waals surface area contributed by atoms with Gasteiger partial charge in [0, 0.05) is 41.8 Å². The Labute approximate surface area is 175 Å². The molecule has 3 heterocycles. The molecule has 0 spiro atoms. The summed E-state index contributed by atoms with van der Waals surface area (Å²) in [6, 6.07) is 8.71. The molecule has 1 saturated heterocycles. The summed E-state index contributed by atoms with van der Waals surface area (Å²) in [7, 11) is 0. The number of aromatic amines is 1. The van der Waals surface area contributed by atoms with Gasteiger partial charge in [0.15, 0.2) is 11.0 Å². The van der Waals surface area contributed by atoms with E-state index in [0.29, 0.717) is 23.6 Å². The molecule has 2 fully saturated rings. The molecule has 0 bridgehead atoms. The molecule has 1 aliphatic heterocycles. The van der Waals surface area contributed by atoms with Crippen molar-refractivity contribution in [3.63, 3.8) is 0 Å². The van der Waals surface area contributed by atoms with Crippen molar-refractivity contribution in [2.45, 2.75) is 44.3 Å². The van der Waals surface area contributed by atoms with Gasteiger partial charge in [0.05, 0.1) is 5.75 Å². The molecule has 152 valence electrons. The lowest BCUT2D eigenvalue weighted by atomic mass is 9.92. The zero-order valence-corrected chi connectivity index (χ0v) is 17.8. The molecule has 29 heavy (non-hydrogen) atoms. The maximum Gasteiger partial charge on any atom is 0.233 e. The van der Waals surface area contributed by atoms with E-state index >= 15 is 0 Å². The average Bonchev–Trinajstić information content (AvgIpc) is 3.31. The lowest BCUT2D eigenvalue weighted by molar-refractivity contribution is -0.130.